The molecule has 2 atom stereocenters. The molecule has 1 aliphatic rings. The highest BCUT2D eigenvalue weighted by Gasteiger charge is 2.31. The summed E-state index contributed by atoms with van der Waals surface area (Å²) in [6.07, 6.45) is 3.81. The van der Waals surface area contributed by atoms with Crippen LogP contribution in [0.5, 0.6) is 0 Å². The number of aromatic nitrogens is 2. The van der Waals surface area contributed by atoms with E-state index < -0.39 is 6.10 Å². The third kappa shape index (κ3) is 2.49. The van der Waals surface area contributed by atoms with E-state index in [1.54, 1.807) is 6.20 Å². The molecule has 0 saturated carbocycles. The molecule has 3 aromatic rings. The molecule has 0 bridgehead atoms. The van der Waals surface area contributed by atoms with Gasteiger partial charge < -0.3 is 15.4 Å². The first-order chi connectivity index (χ1) is 11.2. The van der Waals surface area contributed by atoms with Crippen molar-refractivity contribution in [1.29, 1.82) is 0 Å². The summed E-state index contributed by atoms with van der Waals surface area (Å²) in [5.41, 5.74) is 3.79. The molecule has 0 spiro atoms. The molecule has 23 heavy (non-hydrogen) atoms. The minimum atomic E-state index is -0.569. The lowest BCUT2D eigenvalue weighted by atomic mass is 10.1. The number of carbonyl (C=O) groups excluding carboxylic acids is 1. The number of aromatic amines is 1. The average Bonchev–Trinajstić information content (AvgIpc) is 3.10. The number of aliphatic hydroxyl groups excluding tert-OH is 1. The Hall–Kier alpha value is -2.66. The van der Waals surface area contributed by atoms with Gasteiger partial charge in [-0.2, -0.15) is 0 Å². The molecule has 0 radical (unpaired) electrons. The highest BCUT2D eigenvalue weighted by molar-refractivity contribution is 5.87. The van der Waals surface area contributed by atoms with Crippen LogP contribution < -0.4 is 5.32 Å². The van der Waals surface area contributed by atoms with E-state index >= 15 is 0 Å². The third-order valence-corrected chi connectivity index (χ3v) is 4.41. The topological polar surface area (TPSA) is 78.0 Å². The van der Waals surface area contributed by atoms with Crippen molar-refractivity contribution in [3.8, 4) is 0 Å². The third-order valence-electron chi connectivity index (χ3n) is 4.41. The Balaban J connectivity index is 1.52. The standard InChI is InChI=1S/C18H17N3O2/c22-15-8-11-4-1-2-5-13(11)17(15)21-16(23)9-12-10-20-18-14(12)6-3-7-19-18/h1-7,10,15,17,22H,8-9H2,(H,19,20)(H,21,23). The molecule has 1 amide bonds. The second-order valence-electron chi connectivity index (χ2n) is 5.91. The van der Waals surface area contributed by atoms with E-state index in [1.807, 2.05) is 42.6 Å². The Bertz CT molecular complexity index is 871. The van der Waals surface area contributed by atoms with Gasteiger partial charge in [-0.05, 0) is 28.8 Å². The Morgan fingerprint density at radius 2 is 2.17 bits per heavy atom. The van der Waals surface area contributed by atoms with Gasteiger partial charge in [-0.25, -0.2) is 4.98 Å². The summed E-state index contributed by atoms with van der Waals surface area (Å²) in [6, 6.07) is 11.3. The van der Waals surface area contributed by atoms with Crippen LogP contribution in [0.4, 0.5) is 0 Å². The molecule has 1 aliphatic carbocycles. The van der Waals surface area contributed by atoms with Gasteiger partial charge in [0.15, 0.2) is 0 Å². The van der Waals surface area contributed by atoms with Crippen molar-refractivity contribution >= 4 is 16.9 Å². The van der Waals surface area contributed by atoms with Gasteiger partial charge in [0, 0.05) is 24.2 Å². The fourth-order valence-electron chi connectivity index (χ4n) is 3.30. The number of pyridine rings is 1. The molecule has 116 valence electrons. The van der Waals surface area contributed by atoms with Crippen molar-refractivity contribution in [2.45, 2.75) is 25.0 Å². The molecule has 1 aromatic carbocycles. The van der Waals surface area contributed by atoms with E-state index in [0.29, 0.717) is 6.42 Å². The zero-order valence-corrected chi connectivity index (χ0v) is 12.5. The number of hydrogen-bond acceptors (Lipinski definition) is 3. The maximum absolute atomic E-state index is 12.4. The molecule has 2 unspecified atom stereocenters. The summed E-state index contributed by atoms with van der Waals surface area (Å²) in [7, 11) is 0. The zero-order valence-electron chi connectivity index (χ0n) is 12.5. The van der Waals surface area contributed by atoms with Crippen LogP contribution >= 0.6 is 0 Å². The van der Waals surface area contributed by atoms with Crippen molar-refractivity contribution < 1.29 is 9.90 Å². The molecule has 5 heteroatoms. The van der Waals surface area contributed by atoms with Crippen LogP contribution in [0.2, 0.25) is 0 Å². The molecule has 5 nitrogen and oxygen atoms in total. The lowest BCUT2D eigenvalue weighted by Crippen LogP contribution is -2.34. The largest absolute Gasteiger partial charge is 0.390 e. The summed E-state index contributed by atoms with van der Waals surface area (Å²) >= 11 is 0. The lowest BCUT2D eigenvalue weighted by molar-refractivity contribution is -0.121. The zero-order chi connectivity index (χ0) is 15.8. The molecule has 0 fully saturated rings. The first kappa shape index (κ1) is 14.0. The highest BCUT2D eigenvalue weighted by atomic mass is 16.3. The number of nitrogens with zero attached hydrogens (tertiary/aromatic N) is 1. The molecule has 2 heterocycles. The maximum atomic E-state index is 12.4. The van der Waals surface area contributed by atoms with E-state index in [1.165, 1.54) is 0 Å². The number of nitrogens with one attached hydrogen (secondary N) is 2. The molecule has 4 rings (SSSR count). The summed E-state index contributed by atoms with van der Waals surface area (Å²) in [4.78, 5) is 19.7. The van der Waals surface area contributed by atoms with Gasteiger partial charge in [0.2, 0.25) is 5.91 Å². The summed E-state index contributed by atoms with van der Waals surface area (Å²) in [5, 5.41) is 14.1. The molecule has 0 saturated heterocycles. The number of H-pyrrole nitrogens is 1. The predicted molar refractivity (Wildman–Crippen MR) is 86.8 cm³/mol. The second-order valence-corrected chi connectivity index (χ2v) is 5.91. The number of amides is 1. The van der Waals surface area contributed by atoms with E-state index in [-0.39, 0.29) is 18.4 Å². The van der Waals surface area contributed by atoms with Gasteiger partial charge >= 0.3 is 0 Å². The van der Waals surface area contributed by atoms with Gasteiger partial charge in [0.1, 0.15) is 5.65 Å². The van der Waals surface area contributed by atoms with Crippen LogP contribution in [0.1, 0.15) is 22.7 Å². The van der Waals surface area contributed by atoms with Gasteiger partial charge in [0.05, 0.1) is 18.6 Å². The Morgan fingerprint density at radius 1 is 1.30 bits per heavy atom. The van der Waals surface area contributed by atoms with Crippen LogP contribution in [-0.4, -0.2) is 27.1 Å². The normalized spacial score (nSPS) is 19.7. The predicted octanol–water partition coefficient (Wildman–Crippen LogP) is 1.88. The minimum Gasteiger partial charge on any atom is -0.390 e. The number of hydrogen-bond donors (Lipinski definition) is 3. The Labute approximate surface area is 133 Å². The lowest BCUT2D eigenvalue weighted by Gasteiger charge is -2.17. The van der Waals surface area contributed by atoms with Crippen LogP contribution in [-0.2, 0) is 17.6 Å². The molecular weight excluding hydrogens is 290 g/mol. The first-order valence-electron chi connectivity index (χ1n) is 7.68. The van der Waals surface area contributed by atoms with Crippen LogP contribution in [0.25, 0.3) is 11.0 Å². The number of benzene rings is 1. The molecular formula is C18H17N3O2. The molecule has 2 aromatic heterocycles. The van der Waals surface area contributed by atoms with Crippen molar-refractivity contribution in [3.63, 3.8) is 0 Å². The van der Waals surface area contributed by atoms with Gasteiger partial charge in [-0.15, -0.1) is 0 Å². The Morgan fingerprint density at radius 3 is 3.09 bits per heavy atom. The Kier molecular flexibility index (Phi) is 3.35. The van der Waals surface area contributed by atoms with Gasteiger partial charge in [-0.1, -0.05) is 24.3 Å². The average molecular weight is 307 g/mol. The van der Waals surface area contributed by atoms with Crippen molar-refractivity contribution in [1.82, 2.24) is 15.3 Å². The number of fused-ring (bicyclic) bond motifs is 2. The molecule has 3 N–H and O–H groups in total. The van der Waals surface area contributed by atoms with E-state index in [9.17, 15) is 9.90 Å². The quantitative estimate of drug-likeness (QED) is 0.691. The SMILES string of the molecule is O=C(Cc1c[nH]c2ncccc12)NC1c2ccccc2CC1O. The van der Waals surface area contributed by atoms with Crippen LogP contribution in [0.15, 0.2) is 48.8 Å². The monoisotopic (exact) mass is 307 g/mol. The van der Waals surface area contributed by atoms with E-state index in [0.717, 1.165) is 27.7 Å². The molecule has 0 aliphatic heterocycles. The number of aliphatic hydroxyl groups is 1. The number of carbonyl (C=O) groups is 1. The van der Waals surface area contributed by atoms with Crippen LogP contribution in [0.3, 0.4) is 0 Å². The summed E-state index contributed by atoms with van der Waals surface area (Å²) in [6.45, 7) is 0. The van der Waals surface area contributed by atoms with Gasteiger partial charge in [0.25, 0.3) is 0 Å². The summed E-state index contributed by atoms with van der Waals surface area (Å²) in [5.74, 6) is -0.101. The van der Waals surface area contributed by atoms with Crippen LogP contribution in [0, 0.1) is 0 Å². The smallest absolute Gasteiger partial charge is 0.225 e. The highest BCUT2D eigenvalue weighted by Crippen LogP contribution is 2.31. The summed E-state index contributed by atoms with van der Waals surface area (Å²) < 4.78 is 0. The fourth-order valence-corrected chi connectivity index (χ4v) is 3.30. The van der Waals surface area contributed by atoms with Gasteiger partial charge in [-0.3, -0.25) is 4.79 Å². The second kappa shape index (κ2) is 5.52. The number of rotatable bonds is 3. The first-order valence-corrected chi connectivity index (χ1v) is 7.68. The maximum Gasteiger partial charge on any atom is 0.225 e. The van der Waals surface area contributed by atoms with E-state index in [2.05, 4.69) is 15.3 Å². The van der Waals surface area contributed by atoms with E-state index in [4.69, 9.17) is 0 Å². The fraction of sp³-hybridized carbons (Fsp3) is 0.222. The minimum absolute atomic E-state index is 0.101. The van der Waals surface area contributed by atoms with Crippen molar-refractivity contribution in [2.75, 3.05) is 0 Å². The van der Waals surface area contributed by atoms with Crippen molar-refractivity contribution in [2.24, 2.45) is 0 Å². The van der Waals surface area contributed by atoms with Crippen molar-refractivity contribution in [3.05, 3.63) is 65.5 Å².